The minimum Gasteiger partial charge on any atom is -0.395 e. The molecule has 0 bridgehead atoms. The molecule has 1 saturated heterocycles. The Kier molecular flexibility index (Phi) is 4.71. The van der Waals surface area contributed by atoms with E-state index in [4.69, 9.17) is 0 Å². The summed E-state index contributed by atoms with van der Waals surface area (Å²) in [5.74, 6) is -0.0826. The number of carbonyl (C=O) groups is 1. The van der Waals surface area contributed by atoms with Gasteiger partial charge in [-0.15, -0.1) is 0 Å². The minimum absolute atomic E-state index is 0.0826. The van der Waals surface area contributed by atoms with Gasteiger partial charge in [0, 0.05) is 24.7 Å². The van der Waals surface area contributed by atoms with Crippen LogP contribution in [0.25, 0.3) is 6.08 Å². The zero-order valence-corrected chi connectivity index (χ0v) is 11.1. The quantitative estimate of drug-likeness (QED) is 0.790. The van der Waals surface area contributed by atoms with Gasteiger partial charge in [-0.1, -0.05) is 30.3 Å². The van der Waals surface area contributed by atoms with Crippen molar-refractivity contribution in [1.29, 1.82) is 0 Å². The van der Waals surface area contributed by atoms with Crippen LogP contribution in [-0.4, -0.2) is 48.2 Å². The zero-order chi connectivity index (χ0) is 13.7. The number of amides is 1. The first-order valence-corrected chi connectivity index (χ1v) is 6.54. The molecule has 1 aromatic rings. The Morgan fingerprint density at radius 1 is 1.47 bits per heavy atom. The lowest BCUT2D eigenvalue weighted by atomic mass is 10.1. The SMILES string of the molecule is CN1C[C@H](NC(=O)/C=C/c2ccccc2)C[C@H]1CO. The predicted molar refractivity (Wildman–Crippen MR) is 75.5 cm³/mol. The second-order valence-electron chi connectivity index (χ2n) is 4.96. The van der Waals surface area contributed by atoms with Crippen molar-refractivity contribution >= 4 is 12.0 Å². The van der Waals surface area contributed by atoms with Gasteiger partial charge in [0.1, 0.15) is 0 Å². The molecule has 0 saturated carbocycles. The van der Waals surface area contributed by atoms with Gasteiger partial charge in [0.25, 0.3) is 0 Å². The number of hydrogen-bond donors (Lipinski definition) is 2. The Hall–Kier alpha value is -1.65. The van der Waals surface area contributed by atoms with Gasteiger partial charge in [0.15, 0.2) is 0 Å². The Morgan fingerprint density at radius 2 is 2.21 bits per heavy atom. The summed E-state index contributed by atoms with van der Waals surface area (Å²) in [4.78, 5) is 13.9. The molecular formula is C15H20N2O2. The monoisotopic (exact) mass is 260 g/mol. The first-order chi connectivity index (χ1) is 9.19. The third-order valence-corrected chi connectivity index (χ3v) is 3.47. The van der Waals surface area contributed by atoms with Crippen LogP contribution in [0.5, 0.6) is 0 Å². The van der Waals surface area contributed by atoms with E-state index in [1.54, 1.807) is 12.2 Å². The smallest absolute Gasteiger partial charge is 0.244 e. The molecule has 19 heavy (non-hydrogen) atoms. The number of likely N-dealkylation sites (tertiary alicyclic amines) is 1. The zero-order valence-electron chi connectivity index (χ0n) is 11.1. The van der Waals surface area contributed by atoms with Crippen molar-refractivity contribution in [1.82, 2.24) is 10.2 Å². The van der Waals surface area contributed by atoms with E-state index in [0.717, 1.165) is 18.5 Å². The number of nitrogens with zero attached hydrogens (tertiary/aromatic N) is 1. The van der Waals surface area contributed by atoms with Gasteiger partial charge in [-0.05, 0) is 25.1 Å². The molecule has 0 spiro atoms. The van der Waals surface area contributed by atoms with Gasteiger partial charge < -0.3 is 10.4 Å². The van der Waals surface area contributed by atoms with E-state index in [1.165, 1.54) is 0 Å². The summed E-state index contributed by atoms with van der Waals surface area (Å²) in [6.07, 6.45) is 4.16. The van der Waals surface area contributed by atoms with Crippen LogP contribution < -0.4 is 5.32 Å². The Bertz CT molecular complexity index is 445. The first kappa shape index (κ1) is 13.8. The summed E-state index contributed by atoms with van der Waals surface area (Å²) in [7, 11) is 1.97. The van der Waals surface area contributed by atoms with E-state index in [0.29, 0.717) is 0 Å². The third-order valence-electron chi connectivity index (χ3n) is 3.47. The Labute approximate surface area is 113 Å². The Morgan fingerprint density at radius 3 is 2.84 bits per heavy atom. The molecule has 0 aromatic heterocycles. The van der Waals surface area contributed by atoms with Crippen LogP contribution in [0.15, 0.2) is 36.4 Å². The molecule has 1 heterocycles. The van der Waals surface area contributed by atoms with Crippen molar-refractivity contribution in [3.8, 4) is 0 Å². The average molecular weight is 260 g/mol. The molecular weight excluding hydrogens is 240 g/mol. The number of benzene rings is 1. The van der Waals surface area contributed by atoms with Crippen LogP contribution >= 0.6 is 0 Å². The second kappa shape index (κ2) is 6.50. The van der Waals surface area contributed by atoms with E-state index >= 15 is 0 Å². The molecule has 102 valence electrons. The van der Waals surface area contributed by atoms with Crippen LogP contribution in [0.2, 0.25) is 0 Å². The van der Waals surface area contributed by atoms with E-state index in [-0.39, 0.29) is 24.6 Å². The lowest BCUT2D eigenvalue weighted by molar-refractivity contribution is -0.117. The summed E-state index contributed by atoms with van der Waals surface area (Å²) >= 11 is 0. The van der Waals surface area contributed by atoms with Crippen LogP contribution in [0.1, 0.15) is 12.0 Å². The highest BCUT2D eigenvalue weighted by Gasteiger charge is 2.29. The van der Waals surface area contributed by atoms with Crippen LogP contribution in [-0.2, 0) is 4.79 Å². The topological polar surface area (TPSA) is 52.6 Å². The number of rotatable bonds is 4. The first-order valence-electron chi connectivity index (χ1n) is 6.54. The Balaban J connectivity index is 1.84. The van der Waals surface area contributed by atoms with E-state index < -0.39 is 0 Å². The standard InChI is InChI=1S/C15H20N2O2/c1-17-10-13(9-14(17)11-18)16-15(19)8-7-12-5-3-2-4-6-12/h2-8,13-14,18H,9-11H2,1H3,(H,16,19)/b8-7+/t13-,14+/m1/s1. The molecule has 4 nitrogen and oxygen atoms in total. The van der Waals surface area contributed by atoms with E-state index in [1.807, 2.05) is 37.4 Å². The largest absolute Gasteiger partial charge is 0.395 e. The molecule has 4 heteroatoms. The molecule has 1 fully saturated rings. The van der Waals surface area contributed by atoms with Gasteiger partial charge in [0.05, 0.1) is 6.61 Å². The average Bonchev–Trinajstić information content (AvgIpc) is 2.77. The highest BCUT2D eigenvalue weighted by molar-refractivity contribution is 5.91. The van der Waals surface area contributed by atoms with Crippen molar-refractivity contribution in [2.45, 2.75) is 18.5 Å². The fourth-order valence-corrected chi connectivity index (χ4v) is 2.38. The number of hydrogen-bond acceptors (Lipinski definition) is 3. The summed E-state index contributed by atoms with van der Waals surface area (Å²) in [6, 6.07) is 10.0. The summed E-state index contributed by atoms with van der Waals surface area (Å²) in [5, 5.41) is 12.1. The van der Waals surface area contributed by atoms with Gasteiger partial charge in [0.2, 0.25) is 5.91 Å². The molecule has 2 rings (SSSR count). The molecule has 1 aromatic carbocycles. The van der Waals surface area contributed by atoms with E-state index in [2.05, 4.69) is 10.2 Å². The third kappa shape index (κ3) is 3.91. The number of nitrogens with one attached hydrogen (secondary N) is 1. The van der Waals surface area contributed by atoms with Crippen LogP contribution in [0, 0.1) is 0 Å². The van der Waals surface area contributed by atoms with E-state index in [9.17, 15) is 9.90 Å². The predicted octanol–water partition coefficient (Wildman–Crippen LogP) is 0.881. The highest BCUT2D eigenvalue weighted by atomic mass is 16.3. The minimum atomic E-state index is -0.0826. The van der Waals surface area contributed by atoms with Crippen LogP contribution in [0.3, 0.4) is 0 Å². The fraction of sp³-hybridized carbons (Fsp3) is 0.400. The molecule has 0 unspecified atom stereocenters. The van der Waals surface area contributed by atoms with Gasteiger partial charge in [-0.25, -0.2) is 0 Å². The van der Waals surface area contributed by atoms with Crippen molar-refractivity contribution < 1.29 is 9.90 Å². The molecule has 0 aliphatic carbocycles. The molecule has 2 N–H and O–H groups in total. The lowest BCUT2D eigenvalue weighted by Crippen LogP contribution is -2.35. The number of aliphatic hydroxyl groups is 1. The van der Waals surface area contributed by atoms with Crippen molar-refractivity contribution in [2.24, 2.45) is 0 Å². The molecule has 1 amide bonds. The van der Waals surface area contributed by atoms with Gasteiger partial charge >= 0.3 is 0 Å². The maximum Gasteiger partial charge on any atom is 0.244 e. The number of aliphatic hydroxyl groups excluding tert-OH is 1. The maximum atomic E-state index is 11.8. The molecule has 1 aliphatic heterocycles. The van der Waals surface area contributed by atoms with Gasteiger partial charge in [-0.3, -0.25) is 9.69 Å². The maximum absolute atomic E-state index is 11.8. The summed E-state index contributed by atoms with van der Waals surface area (Å²) in [6.45, 7) is 0.929. The normalized spacial score (nSPS) is 23.9. The molecule has 0 radical (unpaired) electrons. The summed E-state index contributed by atoms with van der Waals surface area (Å²) < 4.78 is 0. The molecule has 2 atom stereocenters. The lowest BCUT2D eigenvalue weighted by Gasteiger charge is -2.14. The fourth-order valence-electron chi connectivity index (χ4n) is 2.38. The van der Waals surface area contributed by atoms with Crippen LogP contribution in [0.4, 0.5) is 0 Å². The van der Waals surface area contributed by atoms with Crippen molar-refractivity contribution in [2.75, 3.05) is 20.2 Å². The highest BCUT2D eigenvalue weighted by Crippen LogP contribution is 2.15. The number of likely N-dealkylation sites (N-methyl/N-ethyl adjacent to an activating group) is 1. The number of carbonyl (C=O) groups excluding carboxylic acids is 1. The van der Waals surface area contributed by atoms with Gasteiger partial charge in [-0.2, -0.15) is 0 Å². The van der Waals surface area contributed by atoms with Crippen molar-refractivity contribution in [3.63, 3.8) is 0 Å². The molecule has 1 aliphatic rings. The van der Waals surface area contributed by atoms with Crippen molar-refractivity contribution in [3.05, 3.63) is 42.0 Å². The summed E-state index contributed by atoms with van der Waals surface area (Å²) in [5.41, 5.74) is 1.01. The second-order valence-corrected chi connectivity index (χ2v) is 4.96.